The van der Waals surface area contributed by atoms with Gasteiger partial charge < -0.3 is 34.4 Å². The number of allylic oxidation sites excluding steroid dienone is 1. The number of unbranched alkanes of at least 4 members (excludes halogenated alkanes) is 3. The molecule has 1 spiro atoms. The predicted molar refractivity (Wildman–Crippen MR) is 191 cm³/mol. The van der Waals surface area contributed by atoms with Crippen molar-refractivity contribution in [2.75, 3.05) is 38.3 Å². The molecule has 2 saturated heterocycles. The lowest BCUT2D eigenvalue weighted by Crippen LogP contribution is -2.55. The van der Waals surface area contributed by atoms with Crippen LogP contribution in [0.2, 0.25) is 0 Å². The molecule has 2 aromatic rings. The van der Waals surface area contributed by atoms with Crippen molar-refractivity contribution in [3.63, 3.8) is 0 Å². The molecule has 6 rings (SSSR count). The van der Waals surface area contributed by atoms with E-state index >= 15 is 0 Å². The molecule has 0 aliphatic carbocycles. The summed E-state index contributed by atoms with van der Waals surface area (Å²) in [6, 6.07) is 13.3. The Labute approximate surface area is 299 Å². The van der Waals surface area contributed by atoms with Gasteiger partial charge in [-0.25, -0.2) is 0 Å². The minimum atomic E-state index is -1.44. The third-order valence-electron chi connectivity index (χ3n) is 10.6. The number of aliphatic hydroxyl groups excluding tert-OH is 1. The highest BCUT2D eigenvalue weighted by molar-refractivity contribution is 6.06. The number of ether oxygens (including phenoxy) is 3. The molecule has 2 aromatic carbocycles. The smallest absolute Gasteiger partial charge is 0.313 e. The highest BCUT2D eigenvalue weighted by atomic mass is 16.6. The zero-order chi connectivity index (χ0) is 36.1. The van der Waals surface area contributed by atoms with Gasteiger partial charge in [-0.15, -0.1) is 0 Å². The Bertz CT molecular complexity index is 1640. The molecule has 11 nitrogen and oxygen atoms in total. The third-order valence-corrected chi connectivity index (χ3v) is 10.6. The monoisotopic (exact) mass is 699 g/mol. The van der Waals surface area contributed by atoms with Crippen LogP contribution in [0.3, 0.4) is 0 Å². The first-order valence-corrected chi connectivity index (χ1v) is 18.1. The summed E-state index contributed by atoms with van der Waals surface area (Å²) >= 11 is 0. The molecule has 3 amide bonds. The molecule has 0 bridgehead atoms. The molecule has 0 aromatic heterocycles. The van der Waals surface area contributed by atoms with Gasteiger partial charge in [-0.3, -0.25) is 19.2 Å². The van der Waals surface area contributed by atoms with E-state index in [1.165, 1.54) is 7.11 Å². The zero-order valence-electron chi connectivity index (χ0n) is 29.7. The SMILES string of the molecule is COC[C@@H]1NC(=O)CC/C=C\[C@@H]2O[C@@]34C=CCN(c5c(C)cccc5C)C(=O)[C@@H]3N(CCCCCCO)C(=O)[C@H]4[C@@H]2C(=O)O[C@H]1c1ccccc1. The molecular weight excluding hydrogens is 650 g/mol. The van der Waals surface area contributed by atoms with E-state index < -0.39 is 47.7 Å². The van der Waals surface area contributed by atoms with Gasteiger partial charge >= 0.3 is 5.97 Å². The summed E-state index contributed by atoms with van der Waals surface area (Å²) in [7, 11) is 1.52. The summed E-state index contributed by atoms with van der Waals surface area (Å²) < 4.78 is 18.7. The first-order chi connectivity index (χ1) is 24.7. The molecule has 0 saturated carbocycles. The largest absolute Gasteiger partial charge is 0.455 e. The molecule has 2 fully saturated rings. The fourth-order valence-corrected chi connectivity index (χ4v) is 8.31. The lowest BCUT2D eigenvalue weighted by Gasteiger charge is -2.36. The number of benzene rings is 2. The average Bonchev–Trinajstić information content (AvgIpc) is 3.50. The van der Waals surface area contributed by atoms with Crippen LogP contribution in [0.4, 0.5) is 5.69 Å². The second-order valence-electron chi connectivity index (χ2n) is 14.0. The van der Waals surface area contributed by atoms with E-state index in [0.717, 1.165) is 29.7 Å². The Hall–Kier alpha value is -4.32. The molecule has 11 heteroatoms. The number of aliphatic hydroxyl groups is 1. The van der Waals surface area contributed by atoms with Crippen LogP contribution < -0.4 is 10.2 Å². The molecule has 0 unspecified atom stereocenters. The number of methoxy groups -OCH3 is 1. The Morgan fingerprint density at radius 3 is 2.41 bits per heavy atom. The van der Waals surface area contributed by atoms with Crippen LogP contribution >= 0.6 is 0 Å². The number of para-hydroxylation sites is 1. The van der Waals surface area contributed by atoms with Crippen molar-refractivity contribution in [3.8, 4) is 0 Å². The number of likely N-dealkylation sites (tertiary alicyclic amines) is 1. The Morgan fingerprint density at radius 2 is 1.69 bits per heavy atom. The number of hydrogen-bond donors (Lipinski definition) is 2. The number of anilines is 1. The highest BCUT2D eigenvalue weighted by Crippen LogP contribution is 2.53. The van der Waals surface area contributed by atoms with E-state index in [-0.39, 0.29) is 43.9 Å². The second-order valence-corrected chi connectivity index (χ2v) is 14.0. The van der Waals surface area contributed by atoms with Crippen LogP contribution in [0.5, 0.6) is 0 Å². The Kier molecular flexibility index (Phi) is 11.4. The van der Waals surface area contributed by atoms with Gasteiger partial charge in [0.25, 0.3) is 5.91 Å². The fraction of sp³-hybridized carbons (Fsp3) is 0.500. The van der Waals surface area contributed by atoms with Gasteiger partial charge in [0.15, 0.2) is 0 Å². The van der Waals surface area contributed by atoms with E-state index in [0.29, 0.717) is 31.4 Å². The molecule has 4 heterocycles. The van der Waals surface area contributed by atoms with Crippen LogP contribution in [0, 0.1) is 25.7 Å². The molecule has 272 valence electrons. The summed E-state index contributed by atoms with van der Waals surface area (Å²) in [6.07, 6.45) is 8.86. The van der Waals surface area contributed by atoms with E-state index in [4.69, 9.17) is 14.2 Å². The third kappa shape index (κ3) is 7.11. The number of esters is 1. The van der Waals surface area contributed by atoms with Crippen molar-refractivity contribution < 1.29 is 38.5 Å². The number of carbonyl (C=O) groups is 4. The summed E-state index contributed by atoms with van der Waals surface area (Å²) in [5.74, 6) is -3.56. The van der Waals surface area contributed by atoms with Crippen LogP contribution in [0.25, 0.3) is 0 Å². The lowest BCUT2D eigenvalue weighted by molar-refractivity contribution is -0.162. The van der Waals surface area contributed by atoms with Gasteiger partial charge in [-0.05, 0) is 49.8 Å². The van der Waals surface area contributed by atoms with Gasteiger partial charge in [0.2, 0.25) is 11.8 Å². The van der Waals surface area contributed by atoms with Crippen molar-refractivity contribution in [1.82, 2.24) is 10.2 Å². The number of nitrogens with one attached hydrogen (secondary N) is 1. The van der Waals surface area contributed by atoms with E-state index in [1.54, 1.807) is 22.0 Å². The fourth-order valence-electron chi connectivity index (χ4n) is 8.31. The number of carbonyl (C=O) groups excluding carboxylic acids is 4. The van der Waals surface area contributed by atoms with Crippen LogP contribution in [-0.2, 0) is 33.4 Å². The number of rotatable bonds is 10. The van der Waals surface area contributed by atoms with Gasteiger partial charge in [-0.2, -0.15) is 0 Å². The number of hydrogen-bond acceptors (Lipinski definition) is 8. The molecule has 0 radical (unpaired) electrons. The number of aryl methyl sites for hydroxylation is 2. The lowest BCUT2D eigenvalue weighted by atomic mass is 9.77. The van der Waals surface area contributed by atoms with Crippen molar-refractivity contribution in [1.29, 1.82) is 0 Å². The topological polar surface area (TPSA) is 135 Å². The Morgan fingerprint density at radius 1 is 0.941 bits per heavy atom. The number of cyclic esters (lactones) is 1. The van der Waals surface area contributed by atoms with E-state index in [2.05, 4.69) is 5.32 Å². The van der Waals surface area contributed by atoms with Crippen molar-refractivity contribution in [2.45, 2.75) is 82.3 Å². The minimum absolute atomic E-state index is 0.0861. The quantitative estimate of drug-likeness (QED) is 0.215. The molecule has 7 atom stereocenters. The maximum absolute atomic E-state index is 15.0. The van der Waals surface area contributed by atoms with E-state index in [9.17, 15) is 24.3 Å². The van der Waals surface area contributed by atoms with Crippen LogP contribution in [0.15, 0.2) is 72.8 Å². The summed E-state index contributed by atoms with van der Waals surface area (Å²) in [5, 5.41) is 12.3. The first kappa shape index (κ1) is 36.5. The van der Waals surface area contributed by atoms with Gasteiger partial charge in [-0.1, -0.05) is 85.7 Å². The van der Waals surface area contributed by atoms with Gasteiger partial charge in [0, 0.05) is 38.9 Å². The standard InChI is InChI=1S/C40H49N3O8/c1-26-15-13-16-27(2)34(26)42-23-14-21-40-33(37(46)43(36(40)38(42)47)22-11-4-5-12-24-44)32-30(51-40)19-9-10-20-31(45)41-29(25-49-3)35(50-39(32)48)28-17-7-6-8-18-28/h6-9,13-19,21,29-30,32-33,35-36,44H,4-5,10-12,20,22-25H2,1-3H3,(H,41,45)/b19-9-/t29-,30-,32+,33+,35-,36-,40+/m0/s1. The molecule has 51 heavy (non-hydrogen) atoms. The van der Waals surface area contributed by atoms with Gasteiger partial charge in [0.05, 0.1) is 24.7 Å². The van der Waals surface area contributed by atoms with Crippen molar-refractivity contribution in [3.05, 3.63) is 89.5 Å². The number of fused-ring (bicyclic) bond motifs is 2. The zero-order valence-corrected chi connectivity index (χ0v) is 29.7. The van der Waals surface area contributed by atoms with Crippen molar-refractivity contribution >= 4 is 29.4 Å². The maximum Gasteiger partial charge on any atom is 0.313 e. The first-order valence-electron chi connectivity index (χ1n) is 18.1. The summed E-state index contributed by atoms with van der Waals surface area (Å²) in [4.78, 5) is 60.8. The molecule has 4 aliphatic rings. The van der Waals surface area contributed by atoms with Crippen LogP contribution in [-0.4, -0.2) is 90.9 Å². The Balaban J connectivity index is 1.43. The molecule has 2 N–H and O–H groups in total. The normalized spacial score (nSPS) is 30.0. The summed E-state index contributed by atoms with van der Waals surface area (Å²) in [5.41, 5.74) is 1.89. The summed E-state index contributed by atoms with van der Waals surface area (Å²) in [6.45, 7) is 4.68. The van der Waals surface area contributed by atoms with Crippen molar-refractivity contribution in [2.24, 2.45) is 11.8 Å². The average molecular weight is 700 g/mol. The second kappa shape index (κ2) is 15.9. The van der Waals surface area contributed by atoms with Gasteiger partial charge in [0.1, 0.15) is 23.7 Å². The maximum atomic E-state index is 15.0. The predicted octanol–water partition coefficient (Wildman–Crippen LogP) is 4.11. The minimum Gasteiger partial charge on any atom is -0.455 e. The molecular formula is C40H49N3O8. The molecule has 4 aliphatic heterocycles. The van der Waals surface area contributed by atoms with E-state index in [1.807, 2.05) is 74.5 Å². The highest BCUT2D eigenvalue weighted by Gasteiger charge is 2.72. The van der Waals surface area contributed by atoms with Crippen LogP contribution in [0.1, 0.15) is 61.3 Å². The number of nitrogens with zero attached hydrogens (tertiary/aromatic N) is 2. The number of amides is 3.